The van der Waals surface area contributed by atoms with Crippen LogP contribution in [0.3, 0.4) is 0 Å². The van der Waals surface area contributed by atoms with E-state index in [0.717, 1.165) is 35.5 Å². The molecule has 0 saturated carbocycles. The van der Waals surface area contributed by atoms with Gasteiger partial charge >= 0.3 is 0 Å². The number of anilines is 1. The topological polar surface area (TPSA) is 66.7 Å². The highest BCUT2D eigenvalue weighted by molar-refractivity contribution is 5.78. The monoisotopic (exact) mass is 202 g/mol. The molecule has 1 fully saturated rings. The van der Waals surface area contributed by atoms with Crippen molar-refractivity contribution in [3.05, 3.63) is 24.0 Å². The summed E-state index contributed by atoms with van der Waals surface area (Å²) in [6.07, 6.45) is 2.39. The van der Waals surface area contributed by atoms with E-state index in [-0.39, 0.29) is 0 Å². The van der Waals surface area contributed by atoms with Crippen LogP contribution in [0.2, 0.25) is 0 Å². The van der Waals surface area contributed by atoms with E-state index < -0.39 is 0 Å². The van der Waals surface area contributed by atoms with Crippen molar-refractivity contribution in [3.8, 4) is 0 Å². The molecule has 0 bridgehead atoms. The van der Waals surface area contributed by atoms with Gasteiger partial charge in [-0.25, -0.2) is 4.98 Å². The highest BCUT2D eigenvalue weighted by atomic mass is 15.0. The molecule has 3 rings (SSSR count). The van der Waals surface area contributed by atoms with Gasteiger partial charge in [-0.2, -0.15) is 0 Å². The van der Waals surface area contributed by atoms with E-state index in [4.69, 9.17) is 5.73 Å². The molecule has 4 N–H and O–H groups in total. The summed E-state index contributed by atoms with van der Waals surface area (Å²) in [4.78, 5) is 7.89. The van der Waals surface area contributed by atoms with Crippen LogP contribution in [-0.4, -0.2) is 16.5 Å². The number of hydrogen-bond donors (Lipinski definition) is 3. The van der Waals surface area contributed by atoms with Gasteiger partial charge in [-0.1, -0.05) is 0 Å². The molecule has 0 unspecified atom stereocenters. The highest BCUT2D eigenvalue weighted by Gasteiger charge is 2.19. The predicted molar refractivity (Wildman–Crippen MR) is 60.5 cm³/mol. The lowest BCUT2D eigenvalue weighted by atomic mass is 10.2. The van der Waals surface area contributed by atoms with E-state index >= 15 is 0 Å². The summed E-state index contributed by atoms with van der Waals surface area (Å²) >= 11 is 0. The van der Waals surface area contributed by atoms with Gasteiger partial charge in [0.1, 0.15) is 5.82 Å². The second kappa shape index (κ2) is 3.24. The maximum absolute atomic E-state index is 5.72. The first-order valence-electron chi connectivity index (χ1n) is 5.31. The Morgan fingerprint density at radius 1 is 1.40 bits per heavy atom. The smallest absolute Gasteiger partial charge is 0.124 e. The van der Waals surface area contributed by atoms with Gasteiger partial charge in [0.25, 0.3) is 0 Å². The highest BCUT2D eigenvalue weighted by Crippen LogP contribution is 2.23. The quantitative estimate of drug-likeness (QED) is 0.615. The molecule has 0 amide bonds. The average molecular weight is 202 g/mol. The molecule has 1 aromatic carbocycles. The number of H-pyrrole nitrogens is 1. The first-order valence-corrected chi connectivity index (χ1v) is 5.31. The number of nitrogen functional groups attached to an aromatic ring is 1. The maximum atomic E-state index is 5.72. The zero-order valence-corrected chi connectivity index (χ0v) is 8.46. The van der Waals surface area contributed by atoms with Crippen LogP contribution in [0.4, 0.5) is 5.69 Å². The van der Waals surface area contributed by atoms with Crippen molar-refractivity contribution < 1.29 is 0 Å². The Balaban J connectivity index is 2.05. The fraction of sp³-hybridized carbons (Fsp3) is 0.364. The molecule has 1 aliphatic rings. The third kappa shape index (κ3) is 1.47. The molecular weight excluding hydrogens is 188 g/mol. The van der Waals surface area contributed by atoms with Gasteiger partial charge in [0.15, 0.2) is 0 Å². The lowest BCUT2D eigenvalue weighted by Crippen LogP contribution is -2.13. The Labute approximate surface area is 87.9 Å². The van der Waals surface area contributed by atoms with E-state index in [0.29, 0.717) is 6.04 Å². The normalized spacial score (nSPS) is 21.2. The number of nitrogens with zero attached hydrogens (tertiary/aromatic N) is 1. The molecule has 1 atom stereocenters. The predicted octanol–water partition coefficient (Wildman–Crippen LogP) is 1.57. The number of rotatable bonds is 1. The second-order valence-electron chi connectivity index (χ2n) is 4.05. The van der Waals surface area contributed by atoms with Crippen LogP contribution < -0.4 is 11.1 Å². The average Bonchev–Trinajstić information content (AvgIpc) is 2.84. The Hall–Kier alpha value is -1.55. The van der Waals surface area contributed by atoms with Crippen molar-refractivity contribution in [3.63, 3.8) is 0 Å². The van der Waals surface area contributed by atoms with Crippen LogP contribution in [0.15, 0.2) is 18.2 Å². The fourth-order valence-electron chi connectivity index (χ4n) is 2.13. The van der Waals surface area contributed by atoms with Gasteiger partial charge in [-0.15, -0.1) is 0 Å². The van der Waals surface area contributed by atoms with Crippen LogP contribution in [-0.2, 0) is 0 Å². The number of aromatic nitrogens is 2. The molecule has 2 heterocycles. The summed E-state index contributed by atoms with van der Waals surface area (Å²) in [7, 11) is 0. The lowest BCUT2D eigenvalue weighted by Gasteiger charge is -2.04. The van der Waals surface area contributed by atoms with Crippen molar-refractivity contribution in [2.75, 3.05) is 12.3 Å². The van der Waals surface area contributed by atoms with Gasteiger partial charge in [0.2, 0.25) is 0 Å². The fourth-order valence-corrected chi connectivity index (χ4v) is 2.13. The summed E-state index contributed by atoms with van der Waals surface area (Å²) in [6, 6.07) is 6.16. The number of aromatic amines is 1. The molecule has 1 aromatic heterocycles. The van der Waals surface area contributed by atoms with Crippen molar-refractivity contribution in [1.82, 2.24) is 15.3 Å². The molecule has 4 heteroatoms. The molecule has 0 radical (unpaired) electrons. The summed E-state index contributed by atoms with van der Waals surface area (Å²) in [6.45, 7) is 1.09. The number of benzene rings is 1. The molecule has 0 aliphatic carbocycles. The molecule has 2 aromatic rings. The van der Waals surface area contributed by atoms with Gasteiger partial charge in [0, 0.05) is 5.69 Å². The minimum absolute atomic E-state index is 0.388. The number of nitrogens with one attached hydrogen (secondary N) is 2. The second-order valence-corrected chi connectivity index (χ2v) is 4.05. The third-order valence-corrected chi connectivity index (χ3v) is 2.91. The van der Waals surface area contributed by atoms with Crippen LogP contribution in [0, 0.1) is 0 Å². The molecule has 15 heavy (non-hydrogen) atoms. The number of hydrogen-bond acceptors (Lipinski definition) is 3. The Kier molecular flexibility index (Phi) is 1.89. The maximum Gasteiger partial charge on any atom is 0.124 e. The molecule has 1 saturated heterocycles. The number of nitrogens with two attached hydrogens (primary N) is 1. The van der Waals surface area contributed by atoms with E-state index in [1.165, 1.54) is 6.42 Å². The zero-order chi connectivity index (χ0) is 10.3. The van der Waals surface area contributed by atoms with Gasteiger partial charge < -0.3 is 16.0 Å². The van der Waals surface area contributed by atoms with Crippen molar-refractivity contribution in [1.29, 1.82) is 0 Å². The number of imidazole rings is 1. The Morgan fingerprint density at radius 2 is 2.33 bits per heavy atom. The molecule has 1 aliphatic heterocycles. The largest absolute Gasteiger partial charge is 0.399 e. The van der Waals surface area contributed by atoms with E-state index in [9.17, 15) is 0 Å². The van der Waals surface area contributed by atoms with Crippen molar-refractivity contribution in [2.45, 2.75) is 18.9 Å². The molecule has 4 nitrogen and oxygen atoms in total. The first kappa shape index (κ1) is 8.73. The first-order chi connectivity index (χ1) is 7.33. The standard InChI is InChI=1S/C11H14N4/c12-7-3-4-8-10(6-7)15-11(14-8)9-2-1-5-13-9/h3-4,6,9,13H,1-2,5,12H2,(H,14,15)/t9-/m0/s1. The molecule has 0 spiro atoms. The van der Waals surface area contributed by atoms with Crippen LogP contribution in [0.25, 0.3) is 11.0 Å². The van der Waals surface area contributed by atoms with E-state index in [1.54, 1.807) is 0 Å². The van der Waals surface area contributed by atoms with Gasteiger partial charge in [-0.3, -0.25) is 0 Å². The Morgan fingerprint density at radius 3 is 3.13 bits per heavy atom. The van der Waals surface area contributed by atoms with E-state index in [2.05, 4.69) is 15.3 Å². The summed E-state index contributed by atoms with van der Waals surface area (Å²) < 4.78 is 0. The van der Waals surface area contributed by atoms with Gasteiger partial charge in [0.05, 0.1) is 17.1 Å². The van der Waals surface area contributed by atoms with Crippen LogP contribution in [0.1, 0.15) is 24.7 Å². The van der Waals surface area contributed by atoms with E-state index in [1.807, 2.05) is 18.2 Å². The minimum atomic E-state index is 0.388. The molecular formula is C11H14N4. The molecule has 78 valence electrons. The third-order valence-electron chi connectivity index (χ3n) is 2.91. The minimum Gasteiger partial charge on any atom is -0.399 e. The summed E-state index contributed by atoms with van der Waals surface area (Å²) in [5.41, 5.74) is 8.52. The zero-order valence-electron chi connectivity index (χ0n) is 8.46. The Bertz CT molecular complexity index is 482. The number of fused-ring (bicyclic) bond motifs is 1. The lowest BCUT2D eigenvalue weighted by molar-refractivity contribution is 0.614. The SMILES string of the molecule is Nc1ccc2nc([C@@H]3CCCN3)[nH]c2c1. The summed E-state index contributed by atoms with van der Waals surface area (Å²) in [5, 5.41) is 3.42. The van der Waals surface area contributed by atoms with Crippen molar-refractivity contribution >= 4 is 16.7 Å². The van der Waals surface area contributed by atoms with Crippen LogP contribution >= 0.6 is 0 Å². The van der Waals surface area contributed by atoms with Crippen LogP contribution in [0.5, 0.6) is 0 Å². The van der Waals surface area contributed by atoms with Crippen molar-refractivity contribution in [2.24, 2.45) is 0 Å². The summed E-state index contributed by atoms with van der Waals surface area (Å²) in [5.74, 6) is 1.04. The van der Waals surface area contributed by atoms with Gasteiger partial charge in [-0.05, 0) is 37.6 Å².